The maximum Gasteiger partial charge on any atom is 0.213 e. The topological polar surface area (TPSA) is 67.3 Å². The molecule has 7 nitrogen and oxygen atoms in total. The van der Waals surface area contributed by atoms with Crippen molar-refractivity contribution in [1.29, 1.82) is 0 Å². The van der Waals surface area contributed by atoms with E-state index >= 15 is 0 Å². The van der Waals surface area contributed by atoms with Gasteiger partial charge in [0.1, 0.15) is 12.2 Å². The van der Waals surface area contributed by atoms with E-state index in [4.69, 9.17) is 9.84 Å². The Kier molecular flexibility index (Phi) is 12.7. The number of fused-ring (bicyclic) bond motifs is 2. The van der Waals surface area contributed by atoms with Gasteiger partial charge in [-0.3, -0.25) is 4.68 Å². The summed E-state index contributed by atoms with van der Waals surface area (Å²) in [4.78, 5) is 3.63. The van der Waals surface area contributed by atoms with Crippen molar-refractivity contribution in [2.24, 2.45) is 0 Å². The van der Waals surface area contributed by atoms with Gasteiger partial charge in [0.15, 0.2) is 5.69 Å². The number of aliphatic hydroxyl groups excluding tert-OH is 1. The first-order valence-electron chi connectivity index (χ1n) is 14.9. The first kappa shape index (κ1) is 32.4. The molecular formula is C33H42IN5O2S. The number of ether oxygens (including phenoxy) is 1. The Hall–Kier alpha value is -2.47. The molecule has 0 saturated heterocycles. The molecule has 1 aliphatic heterocycles. The molecule has 0 saturated carbocycles. The number of aromatic nitrogens is 4. The van der Waals surface area contributed by atoms with Crippen LogP contribution in [0.1, 0.15) is 62.4 Å². The summed E-state index contributed by atoms with van der Waals surface area (Å²) < 4.78 is 9.80. The second-order valence-electron chi connectivity index (χ2n) is 10.6. The van der Waals surface area contributed by atoms with E-state index in [0.717, 1.165) is 44.5 Å². The van der Waals surface area contributed by atoms with E-state index in [-0.39, 0.29) is 30.6 Å². The molecule has 1 N–H and O–H groups in total. The number of unbranched alkanes of at least 4 members (excludes halogenated alkanes) is 4. The Bertz CT molecular complexity index is 1470. The van der Waals surface area contributed by atoms with Gasteiger partial charge in [-0.25, -0.2) is 0 Å². The number of aliphatic hydroxyl groups is 1. The Labute approximate surface area is 271 Å². The van der Waals surface area contributed by atoms with Crippen molar-refractivity contribution in [2.75, 3.05) is 25.2 Å². The molecule has 2 aromatic heterocycles. The van der Waals surface area contributed by atoms with Crippen LogP contribution in [0.15, 0.2) is 70.7 Å². The van der Waals surface area contributed by atoms with E-state index in [2.05, 4.69) is 94.4 Å². The minimum Gasteiger partial charge on any atom is -1.00 e. The molecule has 0 unspecified atom stereocenters. The predicted octanol–water partition coefficient (Wildman–Crippen LogP) is 3.38. The van der Waals surface area contributed by atoms with Crippen molar-refractivity contribution in [3.8, 4) is 0 Å². The third-order valence-corrected chi connectivity index (χ3v) is 8.77. The number of aryl methyl sites for hydroxylation is 3. The lowest BCUT2D eigenvalue weighted by molar-refractivity contribution is -0.679. The van der Waals surface area contributed by atoms with E-state index in [1.807, 2.05) is 22.6 Å². The summed E-state index contributed by atoms with van der Waals surface area (Å²) in [6.07, 6.45) is 12.4. The van der Waals surface area contributed by atoms with Crippen LogP contribution in [0, 0.1) is 0 Å². The fourth-order valence-electron chi connectivity index (χ4n) is 5.42. The normalized spacial score (nSPS) is 13.6. The maximum absolute atomic E-state index is 8.84. The van der Waals surface area contributed by atoms with Gasteiger partial charge in [-0.15, -0.1) is 5.10 Å². The van der Waals surface area contributed by atoms with Crippen LogP contribution in [0.5, 0.6) is 0 Å². The van der Waals surface area contributed by atoms with Crippen molar-refractivity contribution < 1.29 is 38.4 Å². The highest BCUT2D eigenvalue weighted by Crippen LogP contribution is 2.45. The number of rotatable bonds is 15. The fourth-order valence-corrected chi connectivity index (χ4v) is 6.53. The number of anilines is 1. The summed E-state index contributed by atoms with van der Waals surface area (Å²) in [5.74, 6) is 0. The zero-order valence-electron chi connectivity index (χ0n) is 24.7. The smallest absolute Gasteiger partial charge is 0.213 e. The van der Waals surface area contributed by atoms with Crippen LogP contribution in [0.25, 0.3) is 17.0 Å². The van der Waals surface area contributed by atoms with Gasteiger partial charge in [0.05, 0.1) is 42.1 Å². The number of benzene rings is 2. The maximum atomic E-state index is 8.84. The minimum atomic E-state index is 0. The van der Waals surface area contributed by atoms with E-state index in [1.54, 1.807) is 0 Å². The summed E-state index contributed by atoms with van der Waals surface area (Å²) in [7, 11) is 2.17. The standard InChI is InChI=1S/C33H42N5O2S.HI/c1-3-4-13-28-22-26(23-33-36(2)31-16-9-10-17-32(31)41-33)29-14-7-8-15-30(29)38(28)19-12-6-5-11-18-37-24-27(34-35-37)25-40-21-20-39;/h7-10,14-17,22-24,39H,3-6,11-13,18-21,25H2,1-2H3;1H/q+1;/p-1. The molecule has 0 amide bonds. The van der Waals surface area contributed by atoms with Gasteiger partial charge in [0, 0.05) is 43.5 Å². The summed E-state index contributed by atoms with van der Waals surface area (Å²) in [6.45, 7) is 4.92. The van der Waals surface area contributed by atoms with Crippen molar-refractivity contribution >= 4 is 34.4 Å². The molecule has 2 aromatic carbocycles. The highest BCUT2D eigenvalue weighted by atomic mass is 127. The van der Waals surface area contributed by atoms with Gasteiger partial charge in [0.25, 0.3) is 0 Å². The quantitative estimate of drug-likeness (QED) is 0.117. The number of thioether (sulfide) groups is 1. The van der Waals surface area contributed by atoms with E-state index < -0.39 is 0 Å². The lowest BCUT2D eigenvalue weighted by Gasteiger charge is -2.15. The molecule has 0 atom stereocenters. The third-order valence-electron chi connectivity index (χ3n) is 7.60. The van der Waals surface area contributed by atoms with Crippen LogP contribution in [0.3, 0.4) is 0 Å². The Morgan fingerprint density at radius 3 is 2.67 bits per heavy atom. The average molecular weight is 700 g/mol. The van der Waals surface area contributed by atoms with Gasteiger partial charge in [-0.1, -0.05) is 61.0 Å². The highest BCUT2D eigenvalue weighted by Gasteiger charge is 2.23. The van der Waals surface area contributed by atoms with Crippen LogP contribution < -0.4 is 33.4 Å². The monoisotopic (exact) mass is 699 g/mol. The number of hydrogen-bond donors (Lipinski definition) is 1. The number of nitrogens with zero attached hydrogens (tertiary/aromatic N) is 5. The molecule has 0 aliphatic carbocycles. The first-order chi connectivity index (χ1) is 20.2. The van der Waals surface area contributed by atoms with E-state index in [0.29, 0.717) is 13.2 Å². The first-order valence-corrected chi connectivity index (χ1v) is 15.7. The molecule has 0 fully saturated rings. The molecule has 3 heterocycles. The van der Waals surface area contributed by atoms with Gasteiger partial charge in [-0.05, 0) is 49.1 Å². The SMILES string of the molecule is CCCCc1cc(C=C2Sc3ccccc3N2C)c2ccccc2[n+]1CCCCCCn1cc(COCCO)nn1.[I-]. The largest absolute Gasteiger partial charge is 1.00 e. The minimum absolute atomic E-state index is 0. The Balaban J connectivity index is 0.00000405. The van der Waals surface area contributed by atoms with Crippen molar-refractivity contribution in [2.45, 2.75) is 76.5 Å². The number of para-hydroxylation sites is 2. The molecule has 0 spiro atoms. The fraction of sp³-hybridized carbons (Fsp3) is 0.424. The Morgan fingerprint density at radius 1 is 1.02 bits per heavy atom. The molecule has 0 radical (unpaired) electrons. The molecule has 4 aromatic rings. The lowest BCUT2D eigenvalue weighted by Crippen LogP contribution is -3.00. The number of pyridine rings is 1. The van der Waals surface area contributed by atoms with Gasteiger partial charge in [-0.2, -0.15) is 4.57 Å². The zero-order chi connectivity index (χ0) is 28.4. The summed E-state index contributed by atoms with van der Waals surface area (Å²) >= 11 is 1.86. The molecular weight excluding hydrogens is 657 g/mol. The van der Waals surface area contributed by atoms with E-state index in [1.165, 1.54) is 57.0 Å². The van der Waals surface area contributed by atoms with Crippen LogP contribution in [0.2, 0.25) is 0 Å². The summed E-state index contributed by atoms with van der Waals surface area (Å²) in [6, 6.07) is 20.0. The average Bonchev–Trinajstić information content (AvgIpc) is 3.58. The van der Waals surface area contributed by atoms with Gasteiger partial charge in [0.2, 0.25) is 5.52 Å². The molecule has 0 bridgehead atoms. The second kappa shape index (κ2) is 16.4. The van der Waals surface area contributed by atoms with Crippen LogP contribution in [-0.4, -0.2) is 40.4 Å². The lowest BCUT2D eigenvalue weighted by atomic mass is 10.0. The van der Waals surface area contributed by atoms with Crippen LogP contribution >= 0.6 is 11.8 Å². The molecule has 224 valence electrons. The van der Waals surface area contributed by atoms with Crippen molar-refractivity contribution in [3.05, 3.63) is 82.8 Å². The third kappa shape index (κ3) is 8.12. The Morgan fingerprint density at radius 2 is 1.83 bits per heavy atom. The molecule has 5 rings (SSSR count). The second-order valence-corrected chi connectivity index (χ2v) is 11.7. The summed E-state index contributed by atoms with van der Waals surface area (Å²) in [5, 5.41) is 19.8. The summed E-state index contributed by atoms with van der Waals surface area (Å²) in [5.41, 5.74) is 6.15. The van der Waals surface area contributed by atoms with Gasteiger partial charge >= 0.3 is 0 Å². The van der Waals surface area contributed by atoms with Crippen molar-refractivity contribution in [3.63, 3.8) is 0 Å². The van der Waals surface area contributed by atoms with Crippen molar-refractivity contribution in [1.82, 2.24) is 15.0 Å². The predicted molar refractivity (Wildman–Crippen MR) is 167 cm³/mol. The van der Waals surface area contributed by atoms with E-state index in [9.17, 15) is 0 Å². The molecule has 42 heavy (non-hydrogen) atoms. The number of hydrogen-bond acceptors (Lipinski definition) is 6. The van der Waals surface area contributed by atoms with Crippen LogP contribution in [0.4, 0.5) is 5.69 Å². The van der Waals surface area contributed by atoms with Crippen LogP contribution in [-0.2, 0) is 30.9 Å². The van der Waals surface area contributed by atoms with Gasteiger partial charge < -0.3 is 38.7 Å². The highest BCUT2D eigenvalue weighted by molar-refractivity contribution is 8.03. The zero-order valence-corrected chi connectivity index (χ0v) is 27.7. The molecule has 1 aliphatic rings. The number of halogens is 1. The molecule has 9 heteroatoms.